The van der Waals surface area contributed by atoms with Crippen molar-refractivity contribution in [2.75, 3.05) is 5.73 Å². The molecule has 0 amide bonds. The average molecular weight is 167 g/mol. The molecule has 0 aliphatic rings. The highest BCUT2D eigenvalue weighted by Gasteiger charge is 1.95. The third-order valence-corrected chi connectivity index (χ3v) is 1.97. The van der Waals surface area contributed by atoms with Gasteiger partial charge in [-0.1, -0.05) is 26.2 Å². The van der Waals surface area contributed by atoms with Gasteiger partial charge in [-0.3, -0.25) is 4.68 Å². The Hall–Kier alpha value is -0.990. The van der Waals surface area contributed by atoms with Crippen LogP contribution in [0.2, 0.25) is 0 Å². The van der Waals surface area contributed by atoms with Crippen LogP contribution < -0.4 is 5.73 Å². The number of hydrogen-bond donors (Lipinski definition) is 1. The Bertz CT molecular complexity index is 217. The number of nitrogens with two attached hydrogens (primary N) is 1. The van der Waals surface area contributed by atoms with E-state index in [9.17, 15) is 0 Å². The largest absolute Gasteiger partial charge is 0.384 e. The van der Waals surface area contributed by atoms with E-state index in [1.165, 1.54) is 25.7 Å². The normalized spacial score (nSPS) is 10.4. The van der Waals surface area contributed by atoms with Crippen LogP contribution in [0.15, 0.2) is 12.3 Å². The van der Waals surface area contributed by atoms with Gasteiger partial charge in [0.2, 0.25) is 0 Å². The van der Waals surface area contributed by atoms with E-state index < -0.39 is 0 Å². The van der Waals surface area contributed by atoms with Gasteiger partial charge in [0.25, 0.3) is 0 Å². The van der Waals surface area contributed by atoms with Crippen molar-refractivity contribution in [2.45, 2.75) is 39.2 Å². The van der Waals surface area contributed by atoms with Crippen molar-refractivity contribution in [1.82, 2.24) is 9.78 Å². The lowest BCUT2D eigenvalue weighted by molar-refractivity contribution is 0.547. The molecule has 0 spiro atoms. The van der Waals surface area contributed by atoms with Crippen LogP contribution in [-0.2, 0) is 6.54 Å². The van der Waals surface area contributed by atoms with Gasteiger partial charge in [0.05, 0.1) is 6.20 Å². The number of rotatable bonds is 5. The Morgan fingerprint density at radius 2 is 2.25 bits per heavy atom. The average Bonchev–Trinajstić information content (AvgIpc) is 2.46. The van der Waals surface area contributed by atoms with Crippen molar-refractivity contribution < 1.29 is 0 Å². The molecule has 2 N–H and O–H groups in total. The van der Waals surface area contributed by atoms with Gasteiger partial charge in [0, 0.05) is 6.54 Å². The van der Waals surface area contributed by atoms with Crippen LogP contribution in [0.1, 0.15) is 32.6 Å². The highest BCUT2D eigenvalue weighted by atomic mass is 15.3. The van der Waals surface area contributed by atoms with Crippen LogP contribution >= 0.6 is 0 Å². The Morgan fingerprint density at radius 3 is 2.83 bits per heavy atom. The summed E-state index contributed by atoms with van der Waals surface area (Å²) in [6, 6.07) is 1.83. The van der Waals surface area contributed by atoms with E-state index >= 15 is 0 Å². The number of anilines is 1. The lowest BCUT2D eigenvalue weighted by Gasteiger charge is -2.02. The summed E-state index contributed by atoms with van der Waals surface area (Å²) >= 11 is 0. The van der Waals surface area contributed by atoms with Gasteiger partial charge in [-0.25, -0.2) is 0 Å². The highest BCUT2D eigenvalue weighted by molar-refractivity contribution is 5.25. The summed E-state index contributed by atoms with van der Waals surface area (Å²) in [4.78, 5) is 0. The van der Waals surface area contributed by atoms with Crippen molar-refractivity contribution in [3.05, 3.63) is 12.3 Å². The van der Waals surface area contributed by atoms with Gasteiger partial charge in [-0.05, 0) is 12.5 Å². The maximum atomic E-state index is 5.66. The molecule has 1 heterocycles. The highest BCUT2D eigenvalue weighted by Crippen LogP contribution is 2.04. The van der Waals surface area contributed by atoms with Gasteiger partial charge >= 0.3 is 0 Å². The topological polar surface area (TPSA) is 43.8 Å². The first-order valence-electron chi connectivity index (χ1n) is 4.62. The molecule has 1 rings (SSSR count). The molecular formula is C9H17N3. The second-order valence-electron chi connectivity index (χ2n) is 3.04. The van der Waals surface area contributed by atoms with Crippen LogP contribution in [0, 0.1) is 0 Å². The zero-order valence-electron chi connectivity index (χ0n) is 7.66. The summed E-state index contributed by atoms with van der Waals surface area (Å²) in [7, 11) is 0. The molecule has 68 valence electrons. The number of nitrogens with zero attached hydrogens (tertiary/aromatic N) is 2. The Kier molecular flexibility index (Phi) is 3.64. The molecule has 12 heavy (non-hydrogen) atoms. The first kappa shape index (κ1) is 9.10. The molecule has 0 saturated heterocycles. The van der Waals surface area contributed by atoms with Crippen LogP contribution in [0.4, 0.5) is 5.82 Å². The molecule has 0 aliphatic heterocycles. The standard InChI is InChI=1S/C9H17N3/c1-2-3-4-5-8-12-9(10)6-7-11-12/h6-7H,2-5,8,10H2,1H3. The van der Waals surface area contributed by atoms with Crippen LogP contribution in [0.3, 0.4) is 0 Å². The predicted molar refractivity (Wildman–Crippen MR) is 50.8 cm³/mol. The van der Waals surface area contributed by atoms with Gasteiger partial charge in [0.15, 0.2) is 0 Å². The van der Waals surface area contributed by atoms with Crippen molar-refractivity contribution in [3.63, 3.8) is 0 Å². The summed E-state index contributed by atoms with van der Waals surface area (Å²) in [5.74, 6) is 0.770. The van der Waals surface area contributed by atoms with Crippen molar-refractivity contribution in [1.29, 1.82) is 0 Å². The molecule has 0 atom stereocenters. The number of unbranched alkanes of at least 4 members (excludes halogenated alkanes) is 3. The fourth-order valence-electron chi connectivity index (χ4n) is 1.22. The third kappa shape index (κ3) is 2.57. The van der Waals surface area contributed by atoms with Crippen LogP contribution in [-0.4, -0.2) is 9.78 Å². The molecule has 1 aromatic heterocycles. The van der Waals surface area contributed by atoms with E-state index in [4.69, 9.17) is 5.73 Å². The molecule has 0 bridgehead atoms. The number of nitrogen functional groups attached to an aromatic ring is 1. The lowest BCUT2D eigenvalue weighted by atomic mass is 10.2. The minimum Gasteiger partial charge on any atom is -0.384 e. The summed E-state index contributed by atoms with van der Waals surface area (Å²) in [6.07, 6.45) is 6.78. The molecule has 3 nitrogen and oxygen atoms in total. The van der Waals surface area contributed by atoms with Crippen LogP contribution in [0.25, 0.3) is 0 Å². The quantitative estimate of drug-likeness (QED) is 0.682. The maximum absolute atomic E-state index is 5.66. The molecular weight excluding hydrogens is 150 g/mol. The fourth-order valence-corrected chi connectivity index (χ4v) is 1.22. The Morgan fingerprint density at radius 1 is 1.42 bits per heavy atom. The van der Waals surface area contributed by atoms with Crippen LogP contribution in [0.5, 0.6) is 0 Å². The summed E-state index contributed by atoms with van der Waals surface area (Å²) in [5, 5.41) is 4.11. The molecule has 1 aromatic rings. The van der Waals surface area contributed by atoms with E-state index in [1.54, 1.807) is 6.20 Å². The molecule has 0 radical (unpaired) electrons. The maximum Gasteiger partial charge on any atom is 0.121 e. The lowest BCUT2D eigenvalue weighted by Crippen LogP contribution is -2.04. The minimum atomic E-state index is 0.770. The molecule has 0 fully saturated rings. The zero-order chi connectivity index (χ0) is 8.81. The Labute approximate surface area is 73.6 Å². The molecule has 0 aliphatic carbocycles. The van der Waals surface area contributed by atoms with E-state index in [1.807, 2.05) is 10.7 Å². The molecule has 3 heteroatoms. The second-order valence-corrected chi connectivity index (χ2v) is 3.04. The number of hydrogen-bond acceptors (Lipinski definition) is 2. The Balaban J connectivity index is 2.20. The van der Waals surface area contributed by atoms with Gasteiger partial charge < -0.3 is 5.73 Å². The first-order chi connectivity index (χ1) is 5.84. The van der Waals surface area contributed by atoms with E-state index in [-0.39, 0.29) is 0 Å². The predicted octanol–water partition coefficient (Wildman–Crippen LogP) is 2.05. The number of aromatic nitrogens is 2. The summed E-state index contributed by atoms with van der Waals surface area (Å²) < 4.78 is 1.86. The monoisotopic (exact) mass is 167 g/mol. The zero-order valence-corrected chi connectivity index (χ0v) is 7.66. The fraction of sp³-hybridized carbons (Fsp3) is 0.667. The second kappa shape index (κ2) is 4.80. The summed E-state index contributed by atoms with van der Waals surface area (Å²) in [5.41, 5.74) is 5.66. The van der Waals surface area contributed by atoms with Gasteiger partial charge in [0.1, 0.15) is 5.82 Å². The van der Waals surface area contributed by atoms with Crippen molar-refractivity contribution in [3.8, 4) is 0 Å². The van der Waals surface area contributed by atoms with Gasteiger partial charge in [-0.2, -0.15) is 5.10 Å². The SMILES string of the molecule is CCCCCCn1nccc1N. The van der Waals surface area contributed by atoms with E-state index in [2.05, 4.69) is 12.0 Å². The van der Waals surface area contributed by atoms with Crippen molar-refractivity contribution in [2.24, 2.45) is 0 Å². The smallest absolute Gasteiger partial charge is 0.121 e. The van der Waals surface area contributed by atoms with E-state index in [0.29, 0.717) is 0 Å². The number of aryl methyl sites for hydroxylation is 1. The molecule has 0 unspecified atom stereocenters. The minimum absolute atomic E-state index is 0.770. The molecule has 0 saturated carbocycles. The molecule has 0 aromatic carbocycles. The first-order valence-corrected chi connectivity index (χ1v) is 4.62. The van der Waals surface area contributed by atoms with Crippen molar-refractivity contribution >= 4 is 5.82 Å². The summed E-state index contributed by atoms with van der Waals surface area (Å²) in [6.45, 7) is 3.17. The third-order valence-electron chi connectivity index (χ3n) is 1.97. The van der Waals surface area contributed by atoms with Gasteiger partial charge in [-0.15, -0.1) is 0 Å². The van der Waals surface area contributed by atoms with E-state index in [0.717, 1.165) is 12.4 Å².